The minimum Gasteiger partial charge on any atom is -0.507 e. The van der Waals surface area contributed by atoms with Crippen LogP contribution in [-0.2, 0) is 9.53 Å². The van der Waals surface area contributed by atoms with Crippen molar-refractivity contribution in [3.63, 3.8) is 0 Å². The highest BCUT2D eigenvalue weighted by molar-refractivity contribution is 5.81. The maximum Gasteiger partial charge on any atom is 0.330 e. The van der Waals surface area contributed by atoms with Gasteiger partial charge in [0, 0.05) is 12.1 Å². The molecule has 22 heavy (non-hydrogen) atoms. The average Bonchev–Trinajstić information content (AvgIpc) is 2.52. The number of carbonyl (C=O) groups excluding carboxylic acids is 2. The number of unbranched alkanes of at least 4 members (excludes halogenated alkanes) is 3. The number of aldehydes is 1. The molecule has 120 valence electrons. The van der Waals surface area contributed by atoms with Gasteiger partial charge in [0.2, 0.25) is 0 Å². The topological polar surface area (TPSA) is 93.1 Å². The highest BCUT2D eigenvalue weighted by Crippen LogP contribution is 2.32. The maximum atomic E-state index is 10.8. The van der Waals surface area contributed by atoms with Crippen molar-refractivity contribution < 1.29 is 29.3 Å². The summed E-state index contributed by atoms with van der Waals surface area (Å²) in [4.78, 5) is 21.4. The molecule has 6 heteroatoms. The zero-order valence-corrected chi connectivity index (χ0v) is 12.3. The molecule has 0 aliphatic carbocycles. The lowest BCUT2D eigenvalue weighted by atomic mass is 10.2. The van der Waals surface area contributed by atoms with E-state index in [1.165, 1.54) is 6.07 Å². The SMILES string of the molecule is C=CC(=O)OCCCCCCOc1cc(O)c(C=O)cc1O. The van der Waals surface area contributed by atoms with Gasteiger partial charge in [-0.25, -0.2) is 4.79 Å². The average molecular weight is 308 g/mol. The molecule has 0 amide bonds. The number of esters is 1. The molecule has 6 nitrogen and oxygen atoms in total. The molecule has 0 aromatic heterocycles. The second kappa shape index (κ2) is 9.44. The van der Waals surface area contributed by atoms with Gasteiger partial charge in [0.1, 0.15) is 5.75 Å². The third kappa shape index (κ3) is 5.87. The molecule has 1 aromatic rings. The van der Waals surface area contributed by atoms with E-state index < -0.39 is 5.97 Å². The molecule has 0 heterocycles. The molecule has 0 saturated carbocycles. The molecule has 0 aliphatic rings. The Balaban J connectivity index is 2.20. The molecule has 0 bridgehead atoms. The predicted octanol–water partition coefficient (Wildman–Crippen LogP) is 2.58. The number of phenols is 2. The van der Waals surface area contributed by atoms with Crippen molar-refractivity contribution in [2.45, 2.75) is 25.7 Å². The van der Waals surface area contributed by atoms with Gasteiger partial charge in [0.25, 0.3) is 0 Å². The van der Waals surface area contributed by atoms with Crippen LogP contribution in [0.15, 0.2) is 24.8 Å². The van der Waals surface area contributed by atoms with Crippen molar-refractivity contribution in [3.05, 3.63) is 30.4 Å². The normalized spacial score (nSPS) is 10.0. The summed E-state index contributed by atoms with van der Waals surface area (Å²) < 4.78 is 10.2. The van der Waals surface area contributed by atoms with Crippen LogP contribution in [0.3, 0.4) is 0 Å². The first kappa shape index (κ1) is 17.6. The van der Waals surface area contributed by atoms with Crippen LogP contribution < -0.4 is 4.74 Å². The Labute approximate surface area is 129 Å². The van der Waals surface area contributed by atoms with Crippen LogP contribution in [0.1, 0.15) is 36.0 Å². The van der Waals surface area contributed by atoms with Gasteiger partial charge in [-0.1, -0.05) is 6.58 Å². The van der Waals surface area contributed by atoms with E-state index in [9.17, 15) is 19.8 Å². The second-order valence-corrected chi connectivity index (χ2v) is 4.63. The summed E-state index contributed by atoms with van der Waals surface area (Å²) >= 11 is 0. The van der Waals surface area contributed by atoms with Gasteiger partial charge in [-0.2, -0.15) is 0 Å². The number of benzene rings is 1. The minimum atomic E-state index is -0.419. The van der Waals surface area contributed by atoms with Gasteiger partial charge >= 0.3 is 5.97 Å². The number of phenolic OH excluding ortho intramolecular Hbond substituents is 2. The molecule has 1 rings (SSSR count). The number of carbonyl (C=O) groups is 2. The van der Waals surface area contributed by atoms with Crippen LogP contribution in [0, 0.1) is 0 Å². The fraction of sp³-hybridized carbons (Fsp3) is 0.375. The Morgan fingerprint density at radius 3 is 2.41 bits per heavy atom. The minimum absolute atomic E-state index is 0.0129. The fourth-order valence-corrected chi connectivity index (χ4v) is 1.76. The van der Waals surface area contributed by atoms with Crippen LogP contribution in [0.5, 0.6) is 17.2 Å². The predicted molar refractivity (Wildman–Crippen MR) is 80.3 cm³/mol. The zero-order chi connectivity index (χ0) is 16.4. The number of rotatable bonds is 10. The lowest BCUT2D eigenvalue weighted by Crippen LogP contribution is -2.02. The van der Waals surface area contributed by atoms with Crippen molar-refractivity contribution in [1.29, 1.82) is 0 Å². The molecule has 0 unspecified atom stereocenters. The lowest BCUT2D eigenvalue weighted by Gasteiger charge is -2.09. The van der Waals surface area contributed by atoms with E-state index in [0.29, 0.717) is 19.5 Å². The summed E-state index contributed by atoms with van der Waals surface area (Å²) in [7, 11) is 0. The smallest absolute Gasteiger partial charge is 0.330 e. The van der Waals surface area contributed by atoms with E-state index in [4.69, 9.17) is 9.47 Å². The second-order valence-electron chi connectivity index (χ2n) is 4.63. The standard InChI is InChI=1S/C16H20O6/c1-2-16(20)22-8-6-4-3-5-7-21-15-10-13(18)12(11-17)9-14(15)19/h2,9-11,18-19H,1,3-8H2. The van der Waals surface area contributed by atoms with Gasteiger partial charge in [0.05, 0.1) is 18.8 Å². The molecule has 0 spiro atoms. The number of hydrogen-bond acceptors (Lipinski definition) is 6. The third-order valence-corrected chi connectivity index (χ3v) is 2.94. The monoisotopic (exact) mass is 308 g/mol. The number of ether oxygens (including phenoxy) is 2. The Morgan fingerprint density at radius 2 is 1.77 bits per heavy atom. The summed E-state index contributed by atoms with van der Waals surface area (Å²) in [6.45, 7) is 4.05. The Morgan fingerprint density at radius 1 is 1.09 bits per heavy atom. The number of aromatic hydroxyl groups is 2. The maximum absolute atomic E-state index is 10.8. The quantitative estimate of drug-likeness (QED) is 0.227. The summed E-state index contributed by atoms with van der Waals surface area (Å²) in [5, 5.41) is 19.2. The lowest BCUT2D eigenvalue weighted by molar-refractivity contribution is -0.137. The van der Waals surface area contributed by atoms with Crippen LogP contribution in [-0.4, -0.2) is 35.7 Å². The van der Waals surface area contributed by atoms with Crippen molar-refractivity contribution >= 4 is 12.3 Å². The summed E-state index contributed by atoms with van der Waals surface area (Å²) in [5.41, 5.74) is 0.0129. The molecular formula is C16H20O6. The first-order valence-corrected chi connectivity index (χ1v) is 7.01. The molecule has 0 fully saturated rings. The molecule has 0 aliphatic heterocycles. The van der Waals surface area contributed by atoms with E-state index in [-0.39, 0.29) is 22.8 Å². The van der Waals surface area contributed by atoms with Crippen LogP contribution in [0.4, 0.5) is 0 Å². The molecule has 0 radical (unpaired) electrons. The van der Waals surface area contributed by atoms with Crippen LogP contribution in [0.2, 0.25) is 0 Å². The summed E-state index contributed by atoms with van der Waals surface area (Å²) in [6, 6.07) is 2.37. The van der Waals surface area contributed by atoms with E-state index in [2.05, 4.69) is 6.58 Å². The first-order chi connectivity index (χ1) is 10.6. The van der Waals surface area contributed by atoms with Gasteiger partial charge in [-0.05, 0) is 31.7 Å². The molecular weight excluding hydrogens is 288 g/mol. The summed E-state index contributed by atoms with van der Waals surface area (Å²) in [5.74, 6) is -0.691. The highest BCUT2D eigenvalue weighted by Gasteiger charge is 2.09. The molecule has 0 atom stereocenters. The molecule has 1 aromatic carbocycles. The van der Waals surface area contributed by atoms with Crippen LogP contribution in [0.25, 0.3) is 0 Å². The van der Waals surface area contributed by atoms with E-state index in [0.717, 1.165) is 37.8 Å². The molecule has 0 saturated heterocycles. The van der Waals surface area contributed by atoms with E-state index in [1.807, 2.05) is 0 Å². The van der Waals surface area contributed by atoms with Crippen molar-refractivity contribution in [1.82, 2.24) is 0 Å². The Kier molecular flexibility index (Phi) is 7.53. The molecule has 2 N–H and O–H groups in total. The van der Waals surface area contributed by atoms with Crippen molar-refractivity contribution in [2.24, 2.45) is 0 Å². The fourth-order valence-electron chi connectivity index (χ4n) is 1.76. The zero-order valence-electron chi connectivity index (χ0n) is 12.3. The van der Waals surface area contributed by atoms with Gasteiger partial charge < -0.3 is 19.7 Å². The van der Waals surface area contributed by atoms with Crippen molar-refractivity contribution in [2.75, 3.05) is 13.2 Å². The third-order valence-electron chi connectivity index (χ3n) is 2.94. The van der Waals surface area contributed by atoms with E-state index in [1.54, 1.807) is 0 Å². The van der Waals surface area contributed by atoms with Gasteiger partial charge in [0.15, 0.2) is 17.8 Å². The van der Waals surface area contributed by atoms with Gasteiger partial charge in [-0.3, -0.25) is 4.79 Å². The first-order valence-electron chi connectivity index (χ1n) is 7.01. The van der Waals surface area contributed by atoms with Crippen LogP contribution >= 0.6 is 0 Å². The highest BCUT2D eigenvalue weighted by atomic mass is 16.5. The number of hydrogen-bond donors (Lipinski definition) is 2. The van der Waals surface area contributed by atoms with Gasteiger partial charge in [-0.15, -0.1) is 0 Å². The van der Waals surface area contributed by atoms with Crippen molar-refractivity contribution in [3.8, 4) is 17.2 Å². The summed E-state index contributed by atoms with van der Waals surface area (Å²) in [6.07, 6.45) is 4.87. The Bertz CT molecular complexity index is 524. The largest absolute Gasteiger partial charge is 0.507 e. The van der Waals surface area contributed by atoms with E-state index >= 15 is 0 Å². The Hall–Kier alpha value is -2.50.